The lowest BCUT2D eigenvalue weighted by atomic mass is 10.2. The number of furan rings is 1. The van der Waals surface area contributed by atoms with E-state index < -0.39 is 5.91 Å². The minimum Gasteiger partial charge on any atom is -0.459 e. The Morgan fingerprint density at radius 1 is 1.36 bits per heavy atom. The second-order valence-electron chi connectivity index (χ2n) is 5.90. The molecule has 0 aliphatic heterocycles. The van der Waals surface area contributed by atoms with Crippen LogP contribution in [0.15, 0.2) is 50.9 Å². The largest absolute Gasteiger partial charge is 0.459 e. The summed E-state index contributed by atoms with van der Waals surface area (Å²) < 4.78 is 19.8. The second-order valence-corrected chi connectivity index (χ2v) is 7.67. The van der Waals surface area contributed by atoms with Crippen LogP contribution in [0.3, 0.4) is 0 Å². The third-order valence-electron chi connectivity index (χ3n) is 3.95. The van der Waals surface area contributed by atoms with Crippen LogP contribution >= 0.6 is 27.3 Å². The molecule has 0 aliphatic carbocycles. The van der Waals surface area contributed by atoms with E-state index in [1.807, 2.05) is 6.92 Å². The fourth-order valence-electron chi connectivity index (χ4n) is 2.53. The van der Waals surface area contributed by atoms with Crippen LogP contribution < -0.4 is 5.32 Å². The van der Waals surface area contributed by atoms with E-state index in [9.17, 15) is 14.0 Å². The number of hydrogen-bond donors (Lipinski definition) is 1. The summed E-state index contributed by atoms with van der Waals surface area (Å²) >= 11 is 4.54. The van der Waals surface area contributed by atoms with Gasteiger partial charge in [-0.05, 0) is 37.3 Å². The van der Waals surface area contributed by atoms with E-state index in [1.165, 1.54) is 23.7 Å². The highest BCUT2D eigenvalue weighted by molar-refractivity contribution is 9.10. The van der Waals surface area contributed by atoms with Crippen LogP contribution in [0.4, 0.5) is 9.52 Å². The van der Waals surface area contributed by atoms with Crippen molar-refractivity contribution in [2.45, 2.75) is 19.9 Å². The van der Waals surface area contributed by atoms with Gasteiger partial charge in [0.1, 0.15) is 5.82 Å². The summed E-state index contributed by atoms with van der Waals surface area (Å²) in [5.74, 6) is -0.749. The molecule has 2 aromatic heterocycles. The van der Waals surface area contributed by atoms with E-state index in [0.717, 1.165) is 4.47 Å². The van der Waals surface area contributed by atoms with E-state index in [4.69, 9.17) is 4.42 Å². The first-order chi connectivity index (χ1) is 13.5. The Balaban J connectivity index is 1.62. The zero-order chi connectivity index (χ0) is 20.1. The number of nitrogens with one attached hydrogen (secondary N) is 1. The van der Waals surface area contributed by atoms with Gasteiger partial charge in [0.25, 0.3) is 5.91 Å². The number of carbonyl (C=O) groups excluding carboxylic acids is 2. The van der Waals surface area contributed by atoms with Gasteiger partial charge in [-0.1, -0.05) is 15.9 Å². The van der Waals surface area contributed by atoms with Gasteiger partial charge in [0.2, 0.25) is 5.91 Å². The first-order valence-corrected chi connectivity index (χ1v) is 10.1. The molecule has 0 atom stereocenters. The molecular weight excluding hydrogens is 449 g/mol. The van der Waals surface area contributed by atoms with Crippen LogP contribution in [0.1, 0.15) is 28.7 Å². The van der Waals surface area contributed by atoms with Gasteiger partial charge in [-0.25, -0.2) is 9.37 Å². The highest BCUT2D eigenvalue weighted by atomic mass is 79.9. The Morgan fingerprint density at radius 2 is 2.18 bits per heavy atom. The molecule has 0 radical (unpaired) electrons. The zero-order valence-corrected chi connectivity index (χ0v) is 17.3. The Hall–Kier alpha value is -2.52. The molecular formula is C19H17BrFN3O3S. The average molecular weight is 466 g/mol. The van der Waals surface area contributed by atoms with Crippen molar-refractivity contribution in [1.82, 2.24) is 9.88 Å². The van der Waals surface area contributed by atoms with Crippen LogP contribution in [0.25, 0.3) is 0 Å². The van der Waals surface area contributed by atoms with Crippen LogP contribution in [0, 0.1) is 5.82 Å². The maximum Gasteiger partial charge on any atom is 0.293 e. The Bertz CT molecular complexity index is 975. The minimum absolute atomic E-state index is 0.0661. The van der Waals surface area contributed by atoms with Crippen molar-refractivity contribution in [3.63, 3.8) is 0 Å². The zero-order valence-electron chi connectivity index (χ0n) is 14.9. The number of likely N-dealkylation sites (N-methyl/N-ethyl adjacent to an activating group) is 1. The molecule has 3 rings (SSSR count). The molecule has 1 N–H and O–H groups in total. The number of aromatic nitrogens is 1. The van der Waals surface area contributed by atoms with E-state index >= 15 is 0 Å². The Kier molecular flexibility index (Phi) is 6.58. The number of halogens is 2. The normalized spacial score (nSPS) is 10.7. The van der Waals surface area contributed by atoms with Crippen LogP contribution in [-0.4, -0.2) is 28.2 Å². The fraction of sp³-hybridized carbons (Fsp3) is 0.211. The smallest absolute Gasteiger partial charge is 0.293 e. The summed E-state index contributed by atoms with van der Waals surface area (Å²) in [6.45, 7) is 2.45. The number of rotatable bonds is 7. The number of amides is 2. The highest BCUT2D eigenvalue weighted by Gasteiger charge is 2.17. The summed E-state index contributed by atoms with van der Waals surface area (Å²) in [5, 5.41) is 4.72. The Labute approximate surface area is 173 Å². The molecule has 0 saturated carbocycles. The molecule has 2 amide bonds. The SMILES string of the molecule is CCN(Cc1cc(Br)ccc1F)C(=O)Cc1csc(NC(=O)c2ccco2)n1. The van der Waals surface area contributed by atoms with E-state index in [2.05, 4.69) is 26.2 Å². The topological polar surface area (TPSA) is 75.4 Å². The number of hydrogen-bond acceptors (Lipinski definition) is 5. The van der Waals surface area contributed by atoms with Crippen molar-refractivity contribution >= 4 is 44.2 Å². The molecule has 0 bridgehead atoms. The summed E-state index contributed by atoms with van der Waals surface area (Å²) in [4.78, 5) is 30.4. The molecule has 2 heterocycles. The van der Waals surface area contributed by atoms with Gasteiger partial charge in [0.15, 0.2) is 10.9 Å². The van der Waals surface area contributed by atoms with Crippen LogP contribution in [0.5, 0.6) is 0 Å². The quantitative estimate of drug-likeness (QED) is 0.557. The molecule has 6 nitrogen and oxygen atoms in total. The van der Waals surface area contributed by atoms with Gasteiger partial charge in [0.05, 0.1) is 18.4 Å². The maximum atomic E-state index is 14.0. The molecule has 0 unspecified atom stereocenters. The average Bonchev–Trinajstić information content (AvgIpc) is 3.34. The molecule has 0 saturated heterocycles. The molecule has 146 valence electrons. The van der Waals surface area contributed by atoms with Crippen molar-refractivity contribution < 1.29 is 18.4 Å². The van der Waals surface area contributed by atoms with E-state index in [0.29, 0.717) is 22.9 Å². The second kappa shape index (κ2) is 9.11. The third-order valence-corrected chi connectivity index (χ3v) is 5.25. The third kappa shape index (κ3) is 5.05. The summed E-state index contributed by atoms with van der Waals surface area (Å²) in [6.07, 6.45) is 1.48. The van der Waals surface area contributed by atoms with Crippen molar-refractivity contribution in [3.05, 3.63) is 69.3 Å². The minimum atomic E-state index is -0.405. The lowest BCUT2D eigenvalue weighted by Crippen LogP contribution is -2.32. The number of carbonyl (C=O) groups is 2. The molecule has 3 aromatic rings. The van der Waals surface area contributed by atoms with Crippen LogP contribution in [-0.2, 0) is 17.8 Å². The fourth-order valence-corrected chi connectivity index (χ4v) is 3.64. The van der Waals surface area contributed by atoms with Crippen molar-refractivity contribution in [2.75, 3.05) is 11.9 Å². The number of nitrogens with zero attached hydrogens (tertiary/aromatic N) is 2. The molecule has 1 aromatic carbocycles. The van der Waals surface area contributed by atoms with Gasteiger partial charge < -0.3 is 9.32 Å². The molecule has 0 fully saturated rings. The van der Waals surface area contributed by atoms with E-state index in [1.54, 1.807) is 34.5 Å². The Morgan fingerprint density at radius 3 is 2.89 bits per heavy atom. The molecule has 9 heteroatoms. The molecule has 0 spiro atoms. The predicted octanol–water partition coefficient (Wildman–Crippen LogP) is 4.48. The summed E-state index contributed by atoms with van der Waals surface area (Å²) in [5.41, 5.74) is 0.979. The summed E-state index contributed by atoms with van der Waals surface area (Å²) in [7, 11) is 0. The van der Waals surface area contributed by atoms with E-state index in [-0.39, 0.29) is 30.5 Å². The number of benzene rings is 1. The highest BCUT2D eigenvalue weighted by Crippen LogP contribution is 2.20. The van der Waals surface area contributed by atoms with Gasteiger partial charge in [0, 0.05) is 28.5 Å². The number of anilines is 1. The molecule has 0 aliphatic rings. The van der Waals surface area contributed by atoms with Gasteiger partial charge in [-0.2, -0.15) is 0 Å². The first-order valence-electron chi connectivity index (χ1n) is 8.47. The van der Waals surface area contributed by atoms with Gasteiger partial charge >= 0.3 is 0 Å². The lowest BCUT2D eigenvalue weighted by Gasteiger charge is -2.21. The first kappa shape index (κ1) is 20.2. The van der Waals surface area contributed by atoms with Gasteiger partial charge in [-0.3, -0.25) is 14.9 Å². The predicted molar refractivity (Wildman–Crippen MR) is 108 cm³/mol. The standard InChI is InChI=1S/C19H17BrFN3O3S/c1-2-24(10-12-8-13(20)5-6-15(12)21)17(25)9-14-11-28-19(22-14)23-18(26)16-4-3-7-27-16/h3-8,11H,2,9-10H2,1H3,(H,22,23,26). The van der Waals surface area contributed by atoms with Crippen LogP contribution in [0.2, 0.25) is 0 Å². The monoisotopic (exact) mass is 465 g/mol. The maximum absolute atomic E-state index is 14.0. The van der Waals surface area contributed by atoms with Crippen molar-refractivity contribution in [1.29, 1.82) is 0 Å². The lowest BCUT2D eigenvalue weighted by molar-refractivity contribution is -0.130. The number of thiazole rings is 1. The van der Waals surface area contributed by atoms with Crippen molar-refractivity contribution in [3.8, 4) is 0 Å². The van der Waals surface area contributed by atoms with Crippen molar-refractivity contribution in [2.24, 2.45) is 0 Å². The van der Waals surface area contributed by atoms with Gasteiger partial charge in [-0.15, -0.1) is 11.3 Å². The molecule has 28 heavy (non-hydrogen) atoms. The summed E-state index contributed by atoms with van der Waals surface area (Å²) in [6, 6.07) is 7.81.